The maximum atomic E-state index is 12.2. The molecule has 110 valence electrons. The van der Waals surface area contributed by atoms with Gasteiger partial charge in [-0.15, -0.1) is 0 Å². The van der Waals surface area contributed by atoms with Crippen molar-refractivity contribution in [3.05, 3.63) is 29.1 Å². The molecule has 2 rings (SSSR count). The van der Waals surface area contributed by atoms with E-state index in [0.717, 1.165) is 0 Å². The molecule has 1 aliphatic rings. The molecule has 0 aliphatic carbocycles. The van der Waals surface area contributed by atoms with E-state index in [4.69, 9.17) is 10.00 Å². The number of nitriles is 1. The second-order valence-electron chi connectivity index (χ2n) is 4.90. The van der Waals surface area contributed by atoms with Crippen molar-refractivity contribution in [2.24, 2.45) is 0 Å². The number of aliphatic carboxylic acids is 1. The van der Waals surface area contributed by atoms with Crippen LogP contribution in [0.15, 0.2) is 12.1 Å². The minimum absolute atomic E-state index is 0.0959. The number of hydrogen-bond acceptors (Lipinski definition) is 5. The number of nitrogens with zero attached hydrogens (tertiary/aromatic N) is 2. The molecule has 0 saturated carbocycles. The number of nitrogens with one attached hydrogen (secondary N) is 1. The lowest BCUT2D eigenvalue weighted by atomic mass is 9.90. The quantitative estimate of drug-likeness (QED) is 0.843. The number of aryl methyl sites for hydroxylation is 1. The molecule has 1 amide bonds. The maximum Gasteiger partial charge on any atom is 0.329 e. The first-order chi connectivity index (χ1) is 9.98. The third kappa shape index (κ3) is 3.01. The Bertz CT molecular complexity index is 615. The lowest BCUT2D eigenvalue weighted by Gasteiger charge is -2.33. The zero-order chi connectivity index (χ0) is 15.5. The molecular formula is C14H15N3O4. The fourth-order valence-corrected chi connectivity index (χ4v) is 2.20. The number of carbonyl (C=O) groups excluding carboxylic acids is 1. The fraction of sp³-hybridized carbons (Fsp3) is 0.429. The Morgan fingerprint density at radius 3 is 2.62 bits per heavy atom. The van der Waals surface area contributed by atoms with E-state index >= 15 is 0 Å². The molecule has 0 aromatic carbocycles. The maximum absolute atomic E-state index is 12.2. The van der Waals surface area contributed by atoms with Crippen molar-refractivity contribution in [1.29, 1.82) is 5.26 Å². The van der Waals surface area contributed by atoms with E-state index in [2.05, 4.69) is 10.3 Å². The highest BCUT2D eigenvalue weighted by molar-refractivity contribution is 5.96. The SMILES string of the molecule is Cc1nc(C(=O)NC2(C(=O)O)CCOCC2)ccc1C#N. The number of rotatable bonds is 3. The molecule has 0 unspecified atom stereocenters. The lowest BCUT2D eigenvalue weighted by Crippen LogP contribution is -2.57. The van der Waals surface area contributed by atoms with E-state index in [1.54, 1.807) is 6.92 Å². The van der Waals surface area contributed by atoms with Crippen molar-refractivity contribution in [2.75, 3.05) is 13.2 Å². The van der Waals surface area contributed by atoms with Crippen LogP contribution in [0.1, 0.15) is 34.6 Å². The molecule has 0 atom stereocenters. The molecule has 1 fully saturated rings. The normalized spacial score (nSPS) is 16.8. The van der Waals surface area contributed by atoms with E-state index in [9.17, 15) is 14.7 Å². The largest absolute Gasteiger partial charge is 0.480 e. The van der Waals surface area contributed by atoms with Gasteiger partial charge in [-0.2, -0.15) is 5.26 Å². The summed E-state index contributed by atoms with van der Waals surface area (Å²) in [6.07, 6.45) is 0.423. The van der Waals surface area contributed by atoms with Crippen LogP contribution in [0.5, 0.6) is 0 Å². The van der Waals surface area contributed by atoms with Crippen LogP contribution in [-0.2, 0) is 9.53 Å². The van der Waals surface area contributed by atoms with Gasteiger partial charge in [-0.3, -0.25) is 4.79 Å². The summed E-state index contributed by atoms with van der Waals surface area (Å²) in [5.41, 5.74) is -0.413. The van der Waals surface area contributed by atoms with Gasteiger partial charge in [-0.1, -0.05) is 0 Å². The highest BCUT2D eigenvalue weighted by Crippen LogP contribution is 2.21. The summed E-state index contributed by atoms with van der Waals surface area (Å²) in [5, 5.41) is 20.8. The Balaban J connectivity index is 2.22. The fourth-order valence-electron chi connectivity index (χ4n) is 2.20. The summed E-state index contributed by atoms with van der Waals surface area (Å²) in [7, 11) is 0. The molecular weight excluding hydrogens is 274 g/mol. The van der Waals surface area contributed by atoms with Gasteiger partial charge in [0.15, 0.2) is 0 Å². The summed E-state index contributed by atoms with van der Waals surface area (Å²) < 4.78 is 5.15. The number of ether oxygens (including phenoxy) is 1. The van der Waals surface area contributed by atoms with Crippen molar-refractivity contribution < 1.29 is 19.4 Å². The molecule has 21 heavy (non-hydrogen) atoms. The van der Waals surface area contributed by atoms with Gasteiger partial charge < -0.3 is 15.2 Å². The monoisotopic (exact) mass is 289 g/mol. The number of amides is 1. The van der Waals surface area contributed by atoms with Crippen LogP contribution in [0.4, 0.5) is 0 Å². The van der Waals surface area contributed by atoms with Crippen molar-refractivity contribution in [3.8, 4) is 6.07 Å². The van der Waals surface area contributed by atoms with Crippen LogP contribution >= 0.6 is 0 Å². The molecule has 2 heterocycles. The van der Waals surface area contributed by atoms with Crippen LogP contribution < -0.4 is 5.32 Å². The van der Waals surface area contributed by atoms with E-state index in [1.807, 2.05) is 6.07 Å². The lowest BCUT2D eigenvalue weighted by molar-refractivity contribution is -0.148. The van der Waals surface area contributed by atoms with Crippen LogP contribution in [0, 0.1) is 18.3 Å². The summed E-state index contributed by atoms with van der Waals surface area (Å²) in [6.45, 7) is 2.19. The van der Waals surface area contributed by atoms with Crippen LogP contribution in [0.3, 0.4) is 0 Å². The first-order valence-electron chi connectivity index (χ1n) is 6.50. The smallest absolute Gasteiger partial charge is 0.329 e. The molecule has 7 heteroatoms. The van der Waals surface area contributed by atoms with E-state index in [1.165, 1.54) is 12.1 Å². The zero-order valence-electron chi connectivity index (χ0n) is 11.5. The summed E-state index contributed by atoms with van der Waals surface area (Å²) in [5.74, 6) is -1.64. The first kappa shape index (κ1) is 14.9. The number of carboxylic acid groups (broad SMARTS) is 1. The van der Waals surface area contributed by atoms with Crippen molar-refractivity contribution >= 4 is 11.9 Å². The van der Waals surface area contributed by atoms with Crippen LogP contribution in [-0.4, -0.2) is 40.7 Å². The Labute approximate surface area is 121 Å². The molecule has 1 saturated heterocycles. The second-order valence-corrected chi connectivity index (χ2v) is 4.90. The topological polar surface area (TPSA) is 112 Å². The van der Waals surface area contributed by atoms with E-state index in [-0.39, 0.29) is 31.7 Å². The van der Waals surface area contributed by atoms with Crippen molar-refractivity contribution in [3.63, 3.8) is 0 Å². The Kier molecular flexibility index (Phi) is 4.19. The minimum Gasteiger partial charge on any atom is -0.480 e. The summed E-state index contributed by atoms with van der Waals surface area (Å²) >= 11 is 0. The van der Waals surface area contributed by atoms with E-state index in [0.29, 0.717) is 11.3 Å². The van der Waals surface area contributed by atoms with Gasteiger partial charge in [0.25, 0.3) is 5.91 Å². The van der Waals surface area contributed by atoms with Gasteiger partial charge in [-0.05, 0) is 19.1 Å². The van der Waals surface area contributed by atoms with Gasteiger partial charge in [0.05, 0.1) is 11.3 Å². The third-order valence-corrected chi connectivity index (χ3v) is 3.55. The highest BCUT2D eigenvalue weighted by Gasteiger charge is 2.41. The minimum atomic E-state index is -1.32. The second kappa shape index (κ2) is 5.89. The predicted octanol–water partition coefficient (Wildman–Crippen LogP) is 0.625. The molecule has 2 N–H and O–H groups in total. The highest BCUT2D eigenvalue weighted by atomic mass is 16.5. The number of pyridine rings is 1. The van der Waals surface area contributed by atoms with Gasteiger partial charge in [0.1, 0.15) is 17.3 Å². The molecule has 7 nitrogen and oxygen atoms in total. The Morgan fingerprint density at radius 1 is 1.43 bits per heavy atom. The van der Waals surface area contributed by atoms with Gasteiger partial charge in [0.2, 0.25) is 0 Å². The third-order valence-electron chi connectivity index (χ3n) is 3.55. The summed E-state index contributed by atoms with van der Waals surface area (Å²) in [4.78, 5) is 27.7. The van der Waals surface area contributed by atoms with Gasteiger partial charge in [-0.25, -0.2) is 9.78 Å². The summed E-state index contributed by atoms with van der Waals surface area (Å²) in [6, 6.07) is 4.87. The Morgan fingerprint density at radius 2 is 2.10 bits per heavy atom. The average molecular weight is 289 g/mol. The number of aromatic nitrogens is 1. The number of hydrogen-bond donors (Lipinski definition) is 2. The van der Waals surface area contributed by atoms with Crippen molar-refractivity contribution in [1.82, 2.24) is 10.3 Å². The van der Waals surface area contributed by atoms with E-state index < -0.39 is 17.4 Å². The molecule has 0 radical (unpaired) electrons. The zero-order valence-corrected chi connectivity index (χ0v) is 11.5. The Hall–Kier alpha value is -2.46. The molecule has 1 aromatic rings. The molecule has 0 bridgehead atoms. The molecule has 1 aromatic heterocycles. The number of carboxylic acids is 1. The van der Waals surface area contributed by atoms with Crippen LogP contribution in [0.2, 0.25) is 0 Å². The predicted molar refractivity (Wildman–Crippen MR) is 71.6 cm³/mol. The molecule has 1 aliphatic heterocycles. The number of carbonyl (C=O) groups is 2. The average Bonchev–Trinajstić information content (AvgIpc) is 2.47. The molecule has 0 spiro atoms. The van der Waals surface area contributed by atoms with Gasteiger partial charge >= 0.3 is 5.97 Å². The van der Waals surface area contributed by atoms with Gasteiger partial charge in [0, 0.05) is 26.1 Å². The standard InChI is InChI=1S/C14H15N3O4/c1-9-10(8-15)2-3-11(16-9)12(18)17-14(13(19)20)4-6-21-7-5-14/h2-3H,4-7H2,1H3,(H,17,18)(H,19,20). The van der Waals surface area contributed by atoms with Crippen LogP contribution in [0.25, 0.3) is 0 Å². The first-order valence-corrected chi connectivity index (χ1v) is 6.50. The van der Waals surface area contributed by atoms with Crippen molar-refractivity contribution in [2.45, 2.75) is 25.3 Å².